The summed E-state index contributed by atoms with van der Waals surface area (Å²) in [6.07, 6.45) is 5.19. The molecule has 1 fully saturated rings. The molecule has 0 saturated heterocycles. The number of nitrogens with one attached hydrogen (secondary N) is 2. The summed E-state index contributed by atoms with van der Waals surface area (Å²) in [7, 11) is 0. The molecule has 4 aromatic rings. The monoisotopic (exact) mass is 447 g/mol. The van der Waals surface area contributed by atoms with E-state index in [1.165, 1.54) is 40.2 Å². The van der Waals surface area contributed by atoms with Gasteiger partial charge in [-0.3, -0.25) is 0 Å². The van der Waals surface area contributed by atoms with Crippen molar-refractivity contribution < 1.29 is 9.18 Å². The van der Waals surface area contributed by atoms with E-state index in [9.17, 15) is 9.18 Å². The highest BCUT2D eigenvalue weighted by Gasteiger charge is 2.42. The molecule has 1 aliphatic carbocycles. The molecule has 2 atom stereocenters. The fraction of sp³-hybridized carbons (Fsp3) is 0.176. The van der Waals surface area contributed by atoms with E-state index in [1.54, 1.807) is 6.07 Å². The first-order valence-electron chi connectivity index (χ1n) is 8.78. The molecular formula is C17H12Cl2FN9O. The minimum absolute atomic E-state index is 0.230. The summed E-state index contributed by atoms with van der Waals surface area (Å²) in [5.41, 5.74) is 1.66. The number of amides is 2. The van der Waals surface area contributed by atoms with E-state index in [4.69, 9.17) is 23.2 Å². The molecule has 5 rings (SSSR count). The number of aromatic nitrogens is 7. The van der Waals surface area contributed by atoms with E-state index in [2.05, 4.69) is 35.9 Å². The zero-order valence-corrected chi connectivity index (χ0v) is 16.5. The Labute approximate surface area is 178 Å². The van der Waals surface area contributed by atoms with Crippen LogP contribution in [0, 0.1) is 0 Å². The Hall–Kier alpha value is -3.31. The average Bonchev–Trinajstić information content (AvgIpc) is 3.08. The molecule has 2 amide bonds. The van der Waals surface area contributed by atoms with Gasteiger partial charge >= 0.3 is 6.03 Å². The average molecular weight is 448 g/mol. The van der Waals surface area contributed by atoms with Crippen molar-refractivity contribution in [3.8, 4) is 5.82 Å². The first-order valence-corrected chi connectivity index (χ1v) is 9.53. The van der Waals surface area contributed by atoms with Gasteiger partial charge in [0.2, 0.25) is 0 Å². The number of hydrogen-bond acceptors (Lipinski definition) is 6. The fourth-order valence-electron chi connectivity index (χ4n) is 3.08. The first-order chi connectivity index (χ1) is 14.5. The van der Waals surface area contributed by atoms with Crippen LogP contribution in [-0.4, -0.2) is 46.8 Å². The summed E-state index contributed by atoms with van der Waals surface area (Å²) in [6.45, 7) is 0. The van der Waals surface area contributed by atoms with Crippen molar-refractivity contribution in [2.24, 2.45) is 0 Å². The highest BCUT2D eigenvalue weighted by molar-refractivity contribution is 6.32. The van der Waals surface area contributed by atoms with Gasteiger partial charge in [0.05, 0.1) is 46.9 Å². The van der Waals surface area contributed by atoms with Crippen LogP contribution in [0.1, 0.15) is 18.0 Å². The maximum atomic E-state index is 13.8. The van der Waals surface area contributed by atoms with Crippen LogP contribution in [0.5, 0.6) is 0 Å². The van der Waals surface area contributed by atoms with Gasteiger partial charge in [0, 0.05) is 12.0 Å². The van der Waals surface area contributed by atoms with E-state index >= 15 is 0 Å². The van der Waals surface area contributed by atoms with Crippen molar-refractivity contribution >= 4 is 46.3 Å². The third-order valence-corrected chi connectivity index (χ3v) is 4.95. The predicted molar refractivity (Wildman–Crippen MR) is 107 cm³/mol. The third-order valence-electron chi connectivity index (χ3n) is 4.49. The summed E-state index contributed by atoms with van der Waals surface area (Å²) in [5.74, 6) is -0.0680. The topological polar surface area (TPSA) is 115 Å². The number of nitrogens with zero attached hydrogens (tertiary/aromatic N) is 7. The first kappa shape index (κ1) is 18.7. The highest BCUT2D eigenvalue weighted by atomic mass is 35.5. The number of alkyl halides is 1. The molecule has 4 aromatic heterocycles. The van der Waals surface area contributed by atoms with Crippen molar-refractivity contribution in [3.05, 3.63) is 52.8 Å². The summed E-state index contributed by atoms with van der Waals surface area (Å²) in [6, 6.07) is 2.50. The van der Waals surface area contributed by atoms with Crippen LogP contribution in [0.25, 0.3) is 11.5 Å². The molecule has 0 radical (unpaired) electrons. The molecule has 0 aliphatic heterocycles. The van der Waals surface area contributed by atoms with E-state index in [0.717, 1.165) is 0 Å². The number of urea groups is 1. The van der Waals surface area contributed by atoms with Gasteiger partial charge < -0.3 is 10.6 Å². The van der Waals surface area contributed by atoms with Crippen molar-refractivity contribution in [2.75, 3.05) is 10.6 Å². The lowest BCUT2D eigenvalue weighted by Gasteiger charge is -2.13. The summed E-state index contributed by atoms with van der Waals surface area (Å²) in [5, 5.41) is 17.9. The molecule has 152 valence electrons. The minimum atomic E-state index is -1.01. The van der Waals surface area contributed by atoms with E-state index in [-0.39, 0.29) is 10.2 Å². The van der Waals surface area contributed by atoms with Gasteiger partial charge in [0.25, 0.3) is 0 Å². The van der Waals surface area contributed by atoms with E-state index in [1.807, 2.05) is 0 Å². The van der Waals surface area contributed by atoms with Gasteiger partial charge in [-0.25, -0.2) is 23.7 Å². The molecule has 1 saturated carbocycles. The standard InChI is InChI=1S/C17H12Cl2FN9O/c18-10-3-8(6-22-16(10)29-23-1-2-24-29)25-17(30)26-12-7-21-14-5-13(19)27-28(14)15(12)9-4-11(9)20/h1-3,5-7,9,11H,4H2,(H2,25,26,30)/t9-,11+/m1/s1. The molecule has 4 heterocycles. The minimum Gasteiger partial charge on any atom is -0.306 e. The highest BCUT2D eigenvalue weighted by Crippen LogP contribution is 2.46. The number of fused-ring (bicyclic) bond motifs is 1. The van der Waals surface area contributed by atoms with Crippen LogP contribution in [0.15, 0.2) is 36.9 Å². The van der Waals surface area contributed by atoms with Gasteiger partial charge in [0.1, 0.15) is 6.17 Å². The maximum absolute atomic E-state index is 13.8. The summed E-state index contributed by atoms with van der Waals surface area (Å²) in [4.78, 5) is 22.2. The van der Waals surface area contributed by atoms with Crippen molar-refractivity contribution in [1.82, 2.24) is 34.6 Å². The van der Waals surface area contributed by atoms with Gasteiger partial charge in [-0.2, -0.15) is 15.3 Å². The molecule has 2 N–H and O–H groups in total. The molecule has 0 aromatic carbocycles. The second-order valence-corrected chi connectivity index (χ2v) is 7.37. The Morgan fingerprint density at radius 2 is 1.90 bits per heavy atom. The van der Waals surface area contributed by atoms with Crippen LogP contribution < -0.4 is 10.6 Å². The Morgan fingerprint density at radius 1 is 1.13 bits per heavy atom. The lowest BCUT2D eigenvalue weighted by atomic mass is 10.2. The quantitative estimate of drug-likeness (QED) is 0.494. The summed E-state index contributed by atoms with van der Waals surface area (Å²) >= 11 is 12.2. The van der Waals surface area contributed by atoms with Gasteiger partial charge in [-0.15, -0.1) is 4.80 Å². The number of hydrogen-bond donors (Lipinski definition) is 2. The zero-order chi connectivity index (χ0) is 20.8. The lowest BCUT2D eigenvalue weighted by Crippen LogP contribution is -2.21. The van der Waals surface area contributed by atoms with Crippen LogP contribution in [0.2, 0.25) is 10.2 Å². The Balaban J connectivity index is 1.38. The maximum Gasteiger partial charge on any atom is 0.323 e. The van der Waals surface area contributed by atoms with Crippen molar-refractivity contribution in [2.45, 2.75) is 18.5 Å². The second kappa shape index (κ2) is 7.18. The number of halogens is 3. The van der Waals surface area contributed by atoms with Crippen molar-refractivity contribution in [1.29, 1.82) is 0 Å². The van der Waals surface area contributed by atoms with E-state index < -0.39 is 18.1 Å². The third kappa shape index (κ3) is 3.42. The van der Waals surface area contributed by atoms with Crippen LogP contribution in [-0.2, 0) is 0 Å². The molecule has 13 heteroatoms. The Morgan fingerprint density at radius 3 is 2.60 bits per heavy atom. The molecule has 0 unspecified atom stereocenters. The van der Waals surface area contributed by atoms with Crippen LogP contribution >= 0.6 is 23.2 Å². The lowest BCUT2D eigenvalue weighted by molar-refractivity contribution is 0.262. The molecule has 0 spiro atoms. The number of carbonyl (C=O) groups is 1. The molecule has 30 heavy (non-hydrogen) atoms. The number of carbonyl (C=O) groups excluding carboxylic acids is 1. The smallest absolute Gasteiger partial charge is 0.306 e. The van der Waals surface area contributed by atoms with Gasteiger partial charge in [-0.1, -0.05) is 23.2 Å². The predicted octanol–water partition coefficient (Wildman–Crippen LogP) is 3.48. The number of rotatable bonds is 4. The Bertz CT molecular complexity index is 1260. The van der Waals surface area contributed by atoms with Crippen molar-refractivity contribution in [3.63, 3.8) is 0 Å². The van der Waals surface area contributed by atoms with Crippen LogP contribution in [0.4, 0.5) is 20.6 Å². The molecule has 0 bridgehead atoms. The summed E-state index contributed by atoms with van der Waals surface area (Å²) < 4.78 is 15.3. The molecule has 1 aliphatic rings. The van der Waals surface area contributed by atoms with E-state index in [0.29, 0.717) is 35.0 Å². The normalized spacial score (nSPS) is 17.8. The zero-order valence-electron chi connectivity index (χ0n) is 15.0. The van der Waals surface area contributed by atoms with Gasteiger partial charge in [-0.05, 0) is 12.5 Å². The Kier molecular flexibility index (Phi) is 4.48. The second-order valence-electron chi connectivity index (χ2n) is 6.58. The number of anilines is 2. The SMILES string of the molecule is O=C(Nc1cnc(-n2nccn2)c(Cl)c1)Nc1cnc2cc(Cl)nn2c1[C@@H]1C[C@@H]1F. The number of pyridine rings is 1. The largest absolute Gasteiger partial charge is 0.323 e. The fourth-order valence-corrected chi connectivity index (χ4v) is 3.49. The molecule has 10 nitrogen and oxygen atoms in total. The van der Waals surface area contributed by atoms with Gasteiger partial charge in [0.15, 0.2) is 16.6 Å². The van der Waals surface area contributed by atoms with Crippen LogP contribution in [0.3, 0.4) is 0 Å². The molecular weight excluding hydrogens is 436 g/mol.